The van der Waals surface area contributed by atoms with Crippen LogP contribution in [0.15, 0.2) is 30.3 Å². The fourth-order valence-electron chi connectivity index (χ4n) is 2.78. The molecule has 1 aliphatic heterocycles. The average Bonchev–Trinajstić information content (AvgIpc) is 2.92. The molecule has 0 radical (unpaired) electrons. The number of hydrogen-bond donors (Lipinski definition) is 0. The van der Waals surface area contributed by atoms with Crippen molar-refractivity contribution in [3.63, 3.8) is 0 Å². The molecule has 2 heterocycles. The predicted molar refractivity (Wildman–Crippen MR) is 87.4 cm³/mol. The predicted octanol–water partition coefficient (Wildman–Crippen LogP) is 1.50. The summed E-state index contributed by atoms with van der Waals surface area (Å²) in [5.41, 5.74) is 1.01. The Morgan fingerprint density at radius 2 is 2.09 bits per heavy atom. The van der Waals surface area contributed by atoms with Crippen molar-refractivity contribution in [3.8, 4) is 5.75 Å². The van der Waals surface area contributed by atoms with Crippen molar-refractivity contribution in [1.82, 2.24) is 9.88 Å². The van der Waals surface area contributed by atoms with Gasteiger partial charge in [0, 0.05) is 18.5 Å². The van der Waals surface area contributed by atoms with Crippen LogP contribution in [0.1, 0.15) is 16.9 Å². The maximum Gasteiger partial charge on any atom is 0.272 e. The molecule has 1 amide bonds. The number of methoxy groups -OCH3 is 1. The van der Waals surface area contributed by atoms with Crippen molar-refractivity contribution < 1.29 is 17.9 Å². The molecule has 0 bridgehead atoms. The number of sulfone groups is 1. The van der Waals surface area contributed by atoms with Crippen molar-refractivity contribution in [2.45, 2.75) is 12.5 Å². The van der Waals surface area contributed by atoms with Crippen LogP contribution in [0.3, 0.4) is 0 Å². The average molecular weight is 334 g/mol. The van der Waals surface area contributed by atoms with Gasteiger partial charge in [-0.25, -0.2) is 13.4 Å². The Bertz CT molecular complexity index is 864. The molecule has 122 valence electrons. The van der Waals surface area contributed by atoms with Crippen LogP contribution in [0.5, 0.6) is 5.75 Å². The van der Waals surface area contributed by atoms with Crippen LogP contribution in [0.4, 0.5) is 0 Å². The Morgan fingerprint density at radius 1 is 1.30 bits per heavy atom. The highest BCUT2D eigenvalue weighted by Crippen LogP contribution is 2.21. The van der Waals surface area contributed by atoms with Crippen LogP contribution in [0.25, 0.3) is 10.9 Å². The van der Waals surface area contributed by atoms with E-state index in [0.29, 0.717) is 17.6 Å². The topological polar surface area (TPSA) is 76.6 Å². The molecular weight excluding hydrogens is 316 g/mol. The zero-order valence-corrected chi connectivity index (χ0v) is 13.8. The van der Waals surface area contributed by atoms with E-state index in [1.54, 1.807) is 32.4 Å². The minimum absolute atomic E-state index is 0.0278. The van der Waals surface area contributed by atoms with Crippen molar-refractivity contribution in [1.29, 1.82) is 0 Å². The SMILES string of the molecule is COc1ccc2nc(C(=O)N(C)[C@H]3CCS(=O)(=O)C3)ccc2c1. The number of carbonyl (C=O) groups is 1. The van der Waals surface area contributed by atoms with E-state index in [9.17, 15) is 13.2 Å². The van der Waals surface area contributed by atoms with Gasteiger partial charge < -0.3 is 9.64 Å². The Morgan fingerprint density at radius 3 is 2.74 bits per heavy atom. The minimum atomic E-state index is -3.03. The summed E-state index contributed by atoms with van der Waals surface area (Å²) in [5.74, 6) is 0.636. The third kappa shape index (κ3) is 3.14. The molecule has 23 heavy (non-hydrogen) atoms. The smallest absolute Gasteiger partial charge is 0.272 e. The lowest BCUT2D eigenvalue weighted by atomic mass is 10.1. The van der Waals surface area contributed by atoms with Gasteiger partial charge in [0.25, 0.3) is 5.91 Å². The standard InChI is InChI=1S/C16H18N2O4S/c1-18(12-7-8-23(20,21)10-12)16(19)15-5-3-11-9-13(22-2)4-6-14(11)17-15/h3-6,9,12H,7-8,10H2,1-2H3/t12-/m0/s1. The molecule has 0 aliphatic carbocycles. The second-order valence-electron chi connectivity index (χ2n) is 5.73. The first kappa shape index (κ1) is 15.7. The van der Waals surface area contributed by atoms with Crippen molar-refractivity contribution in [2.24, 2.45) is 0 Å². The lowest BCUT2D eigenvalue weighted by molar-refractivity contribution is 0.0742. The van der Waals surface area contributed by atoms with E-state index in [-0.39, 0.29) is 23.5 Å². The molecule has 2 aromatic rings. The molecule has 0 N–H and O–H groups in total. The van der Waals surface area contributed by atoms with Gasteiger partial charge in [-0.2, -0.15) is 0 Å². The van der Waals surface area contributed by atoms with Gasteiger partial charge in [0.15, 0.2) is 9.84 Å². The van der Waals surface area contributed by atoms with E-state index in [2.05, 4.69) is 4.98 Å². The van der Waals surface area contributed by atoms with E-state index >= 15 is 0 Å². The first-order valence-corrected chi connectivity index (χ1v) is 9.14. The Balaban J connectivity index is 1.86. The van der Waals surface area contributed by atoms with Crippen LogP contribution >= 0.6 is 0 Å². The van der Waals surface area contributed by atoms with E-state index in [4.69, 9.17) is 4.74 Å². The van der Waals surface area contributed by atoms with Crippen molar-refractivity contribution in [2.75, 3.05) is 25.7 Å². The molecule has 1 fully saturated rings. The highest BCUT2D eigenvalue weighted by atomic mass is 32.2. The number of carbonyl (C=O) groups excluding carboxylic acids is 1. The number of hydrogen-bond acceptors (Lipinski definition) is 5. The fraction of sp³-hybridized carbons (Fsp3) is 0.375. The fourth-order valence-corrected chi connectivity index (χ4v) is 4.55. The van der Waals surface area contributed by atoms with Crippen LogP contribution in [0, 0.1) is 0 Å². The third-order valence-corrected chi connectivity index (χ3v) is 5.94. The van der Waals surface area contributed by atoms with Crippen LogP contribution < -0.4 is 4.74 Å². The van der Waals surface area contributed by atoms with Crippen molar-refractivity contribution in [3.05, 3.63) is 36.0 Å². The quantitative estimate of drug-likeness (QED) is 0.850. The van der Waals surface area contributed by atoms with E-state index in [1.165, 1.54) is 4.90 Å². The molecule has 0 saturated carbocycles. The molecule has 0 unspecified atom stereocenters. The zero-order valence-electron chi connectivity index (χ0n) is 13.0. The van der Waals surface area contributed by atoms with Gasteiger partial charge in [-0.15, -0.1) is 0 Å². The molecule has 0 spiro atoms. The number of pyridine rings is 1. The number of benzene rings is 1. The largest absolute Gasteiger partial charge is 0.497 e. The van der Waals surface area contributed by atoms with Gasteiger partial charge in [0.2, 0.25) is 0 Å². The monoisotopic (exact) mass is 334 g/mol. The number of fused-ring (bicyclic) bond motifs is 1. The highest BCUT2D eigenvalue weighted by molar-refractivity contribution is 7.91. The maximum absolute atomic E-state index is 12.6. The van der Waals surface area contributed by atoms with Crippen LogP contribution in [0.2, 0.25) is 0 Å². The summed E-state index contributed by atoms with van der Waals surface area (Å²) in [6.45, 7) is 0. The summed E-state index contributed by atoms with van der Waals surface area (Å²) in [5, 5.41) is 0.881. The minimum Gasteiger partial charge on any atom is -0.497 e. The van der Waals surface area contributed by atoms with Gasteiger partial charge in [-0.05, 0) is 30.7 Å². The van der Waals surface area contributed by atoms with Gasteiger partial charge in [-0.1, -0.05) is 6.07 Å². The molecule has 1 aliphatic rings. The highest BCUT2D eigenvalue weighted by Gasteiger charge is 2.33. The summed E-state index contributed by atoms with van der Waals surface area (Å²) >= 11 is 0. The third-order valence-electron chi connectivity index (χ3n) is 4.19. The second kappa shape index (κ2) is 5.81. The summed E-state index contributed by atoms with van der Waals surface area (Å²) in [4.78, 5) is 18.4. The van der Waals surface area contributed by atoms with E-state index < -0.39 is 9.84 Å². The van der Waals surface area contributed by atoms with Crippen LogP contribution in [-0.4, -0.2) is 55.9 Å². The molecular formula is C16H18N2O4S. The van der Waals surface area contributed by atoms with E-state index in [1.807, 2.05) is 12.1 Å². The molecule has 3 rings (SSSR count). The molecule has 7 heteroatoms. The van der Waals surface area contributed by atoms with Gasteiger partial charge >= 0.3 is 0 Å². The van der Waals surface area contributed by atoms with Crippen molar-refractivity contribution >= 4 is 26.6 Å². The lowest BCUT2D eigenvalue weighted by Crippen LogP contribution is -2.38. The zero-order chi connectivity index (χ0) is 16.6. The molecule has 1 aromatic carbocycles. The number of aromatic nitrogens is 1. The maximum atomic E-state index is 12.6. The number of ether oxygens (including phenoxy) is 1. The molecule has 6 nitrogen and oxygen atoms in total. The summed E-state index contributed by atoms with van der Waals surface area (Å²) in [6, 6.07) is 8.63. The first-order chi connectivity index (χ1) is 10.9. The number of nitrogens with zero attached hydrogens (tertiary/aromatic N) is 2. The van der Waals surface area contributed by atoms with Crippen LogP contribution in [-0.2, 0) is 9.84 Å². The Hall–Kier alpha value is -2.15. The van der Waals surface area contributed by atoms with Gasteiger partial charge in [-0.3, -0.25) is 4.79 Å². The Kier molecular flexibility index (Phi) is 3.97. The molecule has 1 saturated heterocycles. The lowest BCUT2D eigenvalue weighted by Gasteiger charge is -2.23. The van der Waals surface area contributed by atoms with E-state index in [0.717, 1.165) is 11.1 Å². The summed E-state index contributed by atoms with van der Waals surface area (Å²) < 4.78 is 28.3. The normalized spacial score (nSPS) is 19.7. The first-order valence-electron chi connectivity index (χ1n) is 7.32. The van der Waals surface area contributed by atoms with Gasteiger partial charge in [0.05, 0.1) is 24.1 Å². The molecule has 1 aromatic heterocycles. The molecule has 1 atom stereocenters. The Labute approximate surface area is 135 Å². The number of amides is 1. The summed E-state index contributed by atoms with van der Waals surface area (Å²) in [6.07, 6.45) is 0.482. The summed E-state index contributed by atoms with van der Waals surface area (Å²) in [7, 11) is 0.200. The number of rotatable bonds is 3. The van der Waals surface area contributed by atoms with Gasteiger partial charge in [0.1, 0.15) is 11.4 Å². The second-order valence-corrected chi connectivity index (χ2v) is 7.96.